The predicted molar refractivity (Wildman–Crippen MR) is 142 cm³/mol. The number of aliphatic carboxylic acids is 1. The average molecular weight is 517 g/mol. The Balaban J connectivity index is 1.39. The van der Waals surface area contributed by atoms with Crippen molar-refractivity contribution in [3.63, 3.8) is 0 Å². The molecule has 1 aliphatic rings. The number of unbranched alkanes of at least 4 members (excludes halogenated alkanes) is 1. The maximum absolute atomic E-state index is 13.6. The first kappa shape index (κ1) is 24.9. The highest BCUT2D eigenvalue weighted by Crippen LogP contribution is 2.31. The summed E-state index contributed by atoms with van der Waals surface area (Å²) in [6.45, 7) is 1.12. The molecule has 0 aliphatic carbocycles. The van der Waals surface area contributed by atoms with Gasteiger partial charge in [-0.15, -0.1) is 0 Å². The van der Waals surface area contributed by atoms with Crippen molar-refractivity contribution >= 4 is 34.4 Å². The molecule has 0 radical (unpaired) electrons. The molecule has 7 heteroatoms. The van der Waals surface area contributed by atoms with Crippen molar-refractivity contribution < 1.29 is 19.1 Å². The van der Waals surface area contributed by atoms with E-state index in [1.165, 1.54) is 12.1 Å². The molecular formula is C30H26ClFN2O3. The van der Waals surface area contributed by atoms with Crippen molar-refractivity contribution in [1.82, 2.24) is 9.88 Å². The van der Waals surface area contributed by atoms with Crippen molar-refractivity contribution in [2.75, 3.05) is 13.1 Å². The van der Waals surface area contributed by atoms with Gasteiger partial charge in [0.2, 0.25) is 0 Å². The second-order valence-corrected chi connectivity index (χ2v) is 9.91. The van der Waals surface area contributed by atoms with E-state index in [9.17, 15) is 14.0 Å². The summed E-state index contributed by atoms with van der Waals surface area (Å²) in [6, 6.07) is 21.6. The fourth-order valence-electron chi connectivity index (χ4n) is 4.79. The molecule has 5 rings (SSSR count). The molecule has 188 valence electrons. The number of aryl methyl sites for hydroxylation is 1. The number of aromatic nitrogens is 1. The maximum atomic E-state index is 13.6. The minimum absolute atomic E-state index is 0.0562. The number of carbonyl (C=O) groups is 2. The molecule has 1 aromatic heterocycles. The van der Waals surface area contributed by atoms with E-state index in [0.29, 0.717) is 42.9 Å². The van der Waals surface area contributed by atoms with Crippen LogP contribution in [0.3, 0.4) is 0 Å². The van der Waals surface area contributed by atoms with E-state index >= 15 is 0 Å². The molecule has 3 aromatic carbocycles. The summed E-state index contributed by atoms with van der Waals surface area (Å²) in [7, 11) is 0. The largest absolute Gasteiger partial charge is 0.481 e. The van der Waals surface area contributed by atoms with Crippen LogP contribution >= 0.6 is 11.6 Å². The number of pyridine rings is 1. The zero-order chi connectivity index (χ0) is 25.9. The lowest BCUT2D eigenvalue weighted by molar-refractivity contribution is -0.137. The van der Waals surface area contributed by atoms with Crippen molar-refractivity contribution in [3.8, 4) is 11.3 Å². The summed E-state index contributed by atoms with van der Waals surface area (Å²) >= 11 is 6.08. The lowest BCUT2D eigenvalue weighted by atomic mass is 9.90. The van der Waals surface area contributed by atoms with Crippen molar-refractivity contribution in [2.24, 2.45) is 0 Å². The number of hydrogen-bond donors (Lipinski definition) is 1. The maximum Gasteiger partial charge on any atom is 0.303 e. The van der Waals surface area contributed by atoms with Crippen molar-refractivity contribution in [2.45, 2.75) is 31.6 Å². The van der Waals surface area contributed by atoms with E-state index in [4.69, 9.17) is 21.7 Å². The quantitative estimate of drug-likeness (QED) is 0.263. The number of likely N-dealkylation sites (tertiary alicyclic amines) is 1. The van der Waals surface area contributed by atoms with Crippen LogP contribution in [-0.2, 0) is 11.2 Å². The number of rotatable bonds is 8. The lowest BCUT2D eigenvalue weighted by Gasteiger charge is -2.39. The molecule has 1 N–H and O–H groups in total. The molecule has 0 spiro atoms. The average Bonchev–Trinajstić information content (AvgIpc) is 2.85. The highest BCUT2D eigenvalue weighted by Gasteiger charge is 2.32. The number of carbonyl (C=O) groups excluding carboxylic acids is 1. The molecule has 1 aliphatic heterocycles. The number of carboxylic acids is 1. The predicted octanol–water partition coefficient (Wildman–Crippen LogP) is 6.73. The fraction of sp³-hybridized carbons (Fsp3) is 0.233. The van der Waals surface area contributed by atoms with Gasteiger partial charge in [-0.3, -0.25) is 9.59 Å². The van der Waals surface area contributed by atoms with E-state index in [2.05, 4.69) is 6.07 Å². The molecule has 0 unspecified atom stereocenters. The van der Waals surface area contributed by atoms with Gasteiger partial charge in [0, 0.05) is 47.0 Å². The zero-order valence-electron chi connectivity index (χ0n) is 20.2. The normalized spacial score (nSPS) is 13.5. The van der Waals surface area contributed by atoms with Gasteiger partial charge < -0.3 is 10.0 Å². The number of carboxylic acid groups (broad SMARTS) is 1. The third-order valence-electron chi connectivity index (χ3n) is 6.83. The number of halogens is 2. The second kappa shape index (κ2) is 10.7. The van der Waals surface area contributed by atoms with E-state index < -0.39 is 5.97 Å². The SMILES string of the molecule is O=C(O)CCCCc1cc2cc(C(=O)N3CC(c4cccc(F)c4)C3)ccc2nc1-c1ccc(Cl)cc1. The highest BCUT2D eigenvalue weighted by atomic mass is 35.5. The molecule has 1 amide bonds. The Labute approximate surface area is 219 Å². The van der Waals surface area contributed by atoms with Gasteiger partial charge in [-0.1, -0.05) is 35.9 Å². The first-order valence-corrected chi connectivity index (χ1v) is 12.7. The van der Waals surface area contributed by atoms with Gasteiger partial charge in [0.05, 0.1) is 11.2 Å². The number of fused-ring (bicyclic) bond motifs is 1. The molecule has 0 atom stereocenters. The van der Waals surface area contributed by atoms with Crippen LogP contribution in [0.4, 0.5) is 4.39 Å². The third kappa shape index (κ3) is 5.65. The molecule has 37 heavy (non-hydrogen) atoms. The van der Waals surface area contributed by atoms with Gasteiger partial charge >= 0.3 is 5.97 Å². The summed E-state index contributed by atoms with van der Waals surface area (Å²) in [5.74, 6) is -0.982. The Morgan fingerprint density at radius 3 is 2.51 bits per heavy atom. The molecule has 1 saturated heterocycles. The van der Waals surface area contributed by atoms with Crippen LogP contribution in [0.1, 0.15) is 46.7 Å². The molecule has 2 heterocycles. The standard InChI is InChI=1S/C30H26ClFN2O3/c31-25-11-8-19(9-12-25)29-21(4-1-2-7-28(35)36)14-23-15-22(10-13-27(23)33-29)30(37)34-17-24(18-34)20-5-3-6-26(32)16-20/h3,5-6,8-16,24H,1-2,4,7,17-18H2,(H,35,36). The van der Waals surface area contributed by atoms with Crippen LogP contribution in [0.25, 0.3) is 22.2 Å². The highest BCUT2D eigenvalue weighted by molar-refractivity contribution is 6.30. The smallest absolute Gasteiger partial charge is 0.303 e. The first-order chi connectivity index (χ1) is 17.9. The number of nitrogens with zero attached hydrogens (tertiary/aromatic N) is 2. The summed E-state index contributed by atoms with van der Waals surface area (Å²) < 4.78 is 13.6. The number of hydrogen-bond acceptors (Lipinski definition) is 3. The van der Waals surface area contributed by atoms with Gasteiger partial charge in [0.1, 0.15) is 5.82 Å². The molecule has 1 fully saturated rings. The topological polar surface area (TPSA) is 70.5 Å². The first-order valence-electron chi connectivity index (χ1n) is 12.3. The molecule has 0 bridgehead atoms. The van der Waals surface area contributed by atoms with Gasteiger partial charge in [-0.25, -0.2) is 9.37 Å². The van der Waals surface area contributed by atoms with Crippen LogP contribution in [-0.4, -0.2) is 40.0 Å². The molecule has 4 aromatic rings. The van der Waals surface area contributed by atoms with Crippen LogP contribution in [0.15, 0.2) is 72.8 Å². The Hall–Kier alpha value is -3.77. The fourth-order valence-corrected chi connectivity index (χ4v) is 4.92. The Bertz CT molecular complexity index is 1470. The monoisotopic (exact) mass is 516 g/mol. The third-order valence-corrected chi connectivity index (χ3v) is 7.09. The van der Waals surface area contributed by atoms with Gasteiger partial charge in [0.15, 0.2) is 0 Å². The Morgan fingerprint density at radius 1 is 1.00 bits per heavy atom. The summed E-state index contributed by atoms with van der Waals surface area (Å²) in [5.41, 5.74) is 5.04. The Kier molecular flexibility index (Phi) is 7.19. The second-order valence-electron chi connectivity index (χ2n) is 9.47. The van der Waals surface area contributed by atoms with E-state index in [0.717, 1.165) is 33.3 Å². The summed E-state index contributed by atoms with van der Waals surface area (Å²) in [5, 5.41) is 10.5. The Morgan fingerprint density at radius 2 is 1.78 bits per heavy atom. The lowest BCUT2D eigenvalue weighted by Crippen LogP contribution is -2.48. The van der Waals surface area contributed by atoms with Gasteiger partial charge in [-0.05, 0) is 78.9 Å². The van der Waals surface area contributed by atoms with E-state index in [1.807, 2.05) is 42.5 Å². The number of benzene rings is 3. The number of amides is 1. The van der Waals surface area contributed by atoms with Gasteiger partial charge in [-0.2, -0.15) is 0 Å². The van der Waals surface area contributed by atoms with Crippen molar-refractivity contribution in [3.05, 3.63) is 100 Å². The summed E-state index contributed by atoms with van der Waals surface area (Å²) in [4.78, 5) is 30.8. The zero-order valence-corrected chi connectivity index (χ0v) is 20.9. The van der Waals surface area contributed by atoms with Crippen molar-refractivity contribution in [1.29, 1.82) is 0 Å². The molecule has 0 saturated carbocycles. The molecular weight excluding hydrogens is 491 g/mol. The van der Waals surface area contributed by atoms with Crippen LogP contribution in [0.2, 0.25) is 5.02 Å². The van der Waals surface area contributed by atoms with Gasteiger partial charge in [0.25, 0.3) is 5.91 Å². The minimum atomic E-state index is -0.802. The van der Waals surface area contributed by atoms with Crippen LogP contribution < -0.4 is 0 Å². The van der Waals surface area contributed by atoms with Crippen LogP contribution in [0.5, 0.6) is 0 Å². The van der Waals surface area contributed by atoms with Crippen LogP contribution in [0, 0.1) is 5.82 Å². The van der Waals surface area contributed by atoms with E-state index in [1.54, 1.807) is 17.0 Å². The summed E-state index contributed by atoms with van der Waals surface area (Å²) in [6.07, 6.45) is 2.09. The van der Waals surface area contributed by atoms with E-state index in [-0.39, 0.29) is 24.1 Å². The molecule has 5 nitrogen and oxygen atoms in total. The minimum Gasteiger partial charge on any atom is -0.481 e.